The van der Waals surface area contributed by atoms with E-state index in [0.717, 1.165) is 23.4 Å². The lowest BCUT2D eigenvalue weighted by atomic mass is 9.53. The molecule has 3 N–H and O–H groups in total. The van der Waals surface area contributed by atoms with Crippen LogP contribution in [0.4, 0.5) is 15.8 Å². The first-order valence-corrected chi connectivity index (χ1v) is 7.45. The Morgan fingerprint density at radius 1 is 1.05 bits per heavy atom. The minimum absolute atomic E-state index is 0.191. The third-order valence-electron chi connectivity index (χ3n) is 5.45. The van der Waals surface area contributed by atoms with E-state index >= 15 is 0 Å². The van der Waals surface area contributed by atoms with Gasteiger partial charge in [-0.05, 0) is 74.5 Å². The van der Waals surface area contributed by atoms with Gasteiger partial charge in [0.2, 0.25) is 0 Å². The predicted molar refractivity (Wildman–Crippen MR) is 75.3 cm³/mol. The zero-order valence-electron chi connectivity index (χ0n) is 11.2. The predicted octanol–water partition coefficient (Wildman–Crippen LogP) is 3.79. The van der Waals surface area contributed by atoms with Gasteiger partial charge in [0.15, 0.2) is 0 Å². The molecule has 4 saturated carbocycles. The Labute approximate surface area is 113 Å². The fraction of sp³-hybridized carbons (Fsp3) is 0.625. The van der Waals surface area contributed by atoms with Crippen molar-refractivity contribution >= 4 is 11.4 Å². The quantitative estimate of drug-likeness (QED) is 0.794. The molecule has 0 atom stereocenters. The van der Waals surface area contributed by atoms with Crippen molar-refractivity contribution < 1.29 is 4.39 Å². The molecule has 4 bridgehead atoms. The molecular weight excluding hydrogens is 239 g/mol. The van der Waals surface area contributed by atoms with Gasteiger partial charge in [-0.2, -0.15) is 0 Å². The number of hydrogen-bond donors (Lipinski definition) is 2. The van der Waals surface area contributed by atoms with Crippen LogP contribution < -0.4 is 11.1 Å². The summed E-state index contributed by atoms with van der Waals surface area (Å²) < 4.78 is 13.4. The Morgan fingerprint density at radius 3 is 2.21 bits per heavy atom. The Balaban J connectivity index is 1.64. The van der Waals surface area contributed by atoms with E-state index < -0.39 is 0 Å². The van der Waals surface area contributed by atoms with E-state index in [4.69, 9.17) is 5.73 Å². The average molecular weight is 260 g/mol. The third kappa shape index (κ3) is 1.90. The summed E-state index contributed by atoms with van der Waals surface area (Å²) in [6, 6.07) is 4.65. The van der Waals surface area contributed by atoms with Crippen LogP contribution in [0.15, 0.2) is 18.2 Å². The number of hydrogen-bond acceptors (Lipinski definition) is 2. The average Bonchev–Trinajstić information content (AvgIpc) is 2.31. The van der Waals surface area contributed by atoms with Gasteiger partial charge in [0.05, 0.1) is 11.4 Å². The minimum atomic E-state index is -0.207. The zero-order chi connectivity index (χ0) is 13.0. The summed E-state index contributed by atoms with van der Waals surface area (Å²) in [7, 11) is 0. The summed E-state index contributed by atoms with van der Waals surface area (Å²) in [5.74, 6) is 2.44. The lowest BCUT2D eigenvalue weighted by Gasteiger charge is -2.57. The second kappa shape index (κ2) is 3.87. The van der Waals surface area contributed by atoms with Crippen LogP contribution in [-0.2, 0) is 0 Å². The van der Waals surface area contributed by atoms with Crippen LogP contribution in [0.25, 0.3) is 0 Å². The molecule has 0 aliphatic heterocycles. The number of nitrogens with one attached hydrogen (secondary N) is 1. The molecule has 0 aromatic heterocycles. The number of nitrogens with two attached hydrogens (primary N) is 1. The van der Waals surface area contributed by atoms with Gasteiger partial charge in [-0.15, -0.1) is 0 Å². The van der Waals surface area contributed by atoms with Gasteiger partial charge >= 0.3 is 0 Å². The minimum Gasteiger partial charge on any atom is -0.397 e. The Morgan fingerprint density at radius 2 is 1.63 bits per heavy atom. The SMILES string of the molecule is Nc1ccc(F)cc1NC12CC3CC(CC(C3)C1)C2. The van der Waals surface area contributed by atoms with E-state index in [9.17, 15) is 4.39 Å². The Bertz CT molecular complexity index is 476. The van der Waals surface area contributed by atoms with Crippen LogP contribution in [0.1, 0.15) is 38.5 Å². The van der Waals surface area contributed by atoms with Crippen LogP contribution in [0.5, 0.6) is 0 Å². The van der Waals surface area contributed by atoms with Crippen LogP contribution in [0.3, 0.4) is 0 Å². The smallest absolute Gasteiger partial charge is 0.125 e. The summed E-state index contributed by atoms with van der Waals surface area (Å²) in [6.45, 7) is 0. The van der Waals surface area contributed by atoms with Crippen LogP contribution in [0, 0.1) is 23.6 Å². The van der Waals surface area contributed by atoms with Crippen molar-refractivity contribution in [3.8, 4) is 0 Å². The van der Waals surface area contributed by atoms with Crippen molar-refractivity contribution in [1.29, 1.82) is 0 Å². The molecule has 2 nitrogen and oxygen atoms in total. The van der Waals surface area contributed by atoms with Crippen molar-refractivity contribution in [1.82, 2.24) is 0 Å². The molecule has 0 radical (unpaired) electrons. The van der Waals surface area contributed by atoms with Gasteiger partial charge in [-0.1, -0.05) is 0 Å². The number of rotatable bonds is 2. The fourth-order valence-corrected chi connectivity index (χ4v) is 5.19. The normalized spacial score (nSPS) is 39.5. The molecule has 3 heteroatoms. The largest absolute Gasteiger partial charge is 0.397 e. The van der Waals surface area contributed by atoms with E-state index in [0.29, 0.717) is 5.69 Å². The molecule has 19 heavy (non-hydrogen) atoms. The van der Waals surface area contributed by atoms with E-state index in [-0.39, 0.29) is 11.4 Å². The van der Waals surface area contributed by atoms with Gasteiger partial charge in [-0.25, -0.2) is 4.39 Å². The highest BCUT2D eigenvalue weighted by molar-refractivity contribution is 5.67. The summed E-state index contributed by atoms with van der Waals surface area (Å²) >= 11 is 0. The summed E-state index contributed by atoms with van der Waals surface area (Å²) in [4.78, 5) is 0. The molecule has 4 aliphatic rings. The van der Waals surface area contributed by atoms with E-state index in [1.807, 2.05) is 0 Å². The third-order valence-corrected chi connectivity index (χ3v) is 5.45. The summed E-state index contributed by atoms with van der Waals surface area (Å²) in [5, 5.41) is 3.63. The second-order valence-electron chi connectivity index (χ2n) is 7.05. The van der Waals surface area contributed by atoms with Crippen LogP contribution in [-0.4, -0.2) is 5.54 Å². The zero-order valence-corrected chi connectivity index (χ0v) is 11.2. The van der Waals surface area contributed by atoms with Crippen molar-refractivity contribution in [3.63, 3.8) is 0 Å². The lowest BCUT2D eigenvalue weighted by Crippen LogP contribution is -2.54. The first kappa shape index (κ1) is 11.6. The molecule has 0 spiro atoms. The monoisotopic (exact) mass is 260 g/mol. The Hall–Kier alpha value is -1.25. The van der Waals surface area contributed by atoms with Crippen molar-refractivity contribution in [3.05, 3.63) is 24.0 Å². The molecule has 4 aliphatic carbocycles. The van der Waals surface area contributed by atoms with Gasteiger partial charge in [0.25, 0.3) is 0 Å². The lowest BCUT2D eigenvalue weighted by molar-refractivity contribution is 0.0107. The van der Waals surface area contributed by atoms with Crippen molar-refractivity contribution in [2.75, 3.05) is 11.1 Å². The van der Waals surface area contributed by atoms with Gasteiger partial charge in [-0.3, -0.25) is 0 Å². The molecule has 4 fully saturated rings. The first-order valence-electron chi connectivity index (χ1n) is 7.45. The molecule has 0 saturated heterocycles. The van der Waals surface area contributed by atoms with E-state index in [2.05, 4.69) is 5.32 Å². The van der Waals surface area contributed by atoms with Crippen LogP contribution in [0.2, 0.25) is 0 Å². The van der Waals surface area contributed by atoms with Crippen molar-refractivity contribution in [2.45, 2.75) is 44.1 Å². The summed E-state index contributed by atoms with van der Waals surface area (Å²) in [6.07, 6.45) is 7.98. The van der Waals surface area contributed by atoms with Gasteiger partial charge in [0, 0.05) is 5.54 Å². The number of anilines is 2. The first-order chi connectivity index (χ1) is 9.12. The number of halogens is 1. The molecule has 0 heterocycles. The van der Waals surface area contributed by atoms with E-state index in [1.165, 1.54) is 44.6 Å². The maximum atomic E-state index is 13.4. The Kier molecular flexibility index (Phi) is 2.36. The van der Waals surface area contributed by atoms with Crippen LogP contribution >= 0.6 is 0 Å². The molecule has 5 rings (SSSR count). The standard InChI is InChI=1S/C16H21FN2/c17-13-1-2-14(18)15(6-13)19-16-7-10-3-11(8-16)5-12(4-10)9-16/h1-2,6,10-12,19H,3-5,7-9,18H2. The molecule has 0 unspecified atom stereocenters. The molecule has 0 amide bonds. The molecular formula is C16H21FN2. The van der Waals surface area contributed by atoms with Crippen molar-refractivity contribution in [2.24, 2.45) is 17.8 Å². The number of benzene rings is 1. The fourth-order valence-electron chi connectivity index (χ4n) is 5.19. The maximum Gasteiger partial charge on any atom is 0.125 e. The van der Waals surface area contributed by atoms with Gasteiger partial charge in [0.1, 0.15) is 5.82 Å². The topological polar surface area (TPSA) is 38.0 Å². The summed E-state index contributed by atoms with van der Waals surface area (Å²) in [5.41, 5.74) is 7.64. The highest BCUT2D eigenvalue weighted by Crippen LogP contribution is 2.56. The molecule has 102 valence electrons. The molecule has 1 aromatic carbocycles. The highest BCUT2D eigenvalue weighted by Gasteiger charge is 2.50. The van der Waals surface area contributed by atoms with Gasteiger partial charge < -0.3 is 11.1 Å². The second-order valence-corrected chi connectivity index (χ2v) is 7.05. The number of nitrogen functional groups attached to an aromatic ring is 1. The highest BCUT2D eigenvalue weighted by atomic mass is 19.1. The maximum absolute atomic E-state index is 13.4. The van der Waals surface area contributed by atoms with E-state index in [1.54, 1.807) is 12.1 Å². The molecule has 1 aromatic rings.